The third-order valence-corrected chi connectivity index (χ3v) is 1.65. The molecule has 74 valence electrons. The molecule has 0 spiro atoms. The van der Waals surface area contributed by atoms with Gasteiger partial charge in [0.1, 0.15) is 11.6 Å². The molecule has 1 rings (SSSR count). The van der Waals surface area contributed by atoms with Crippen LogP contribution in [0.5, 0.6) is 5.75 Å². The number of halogens is 1. The summed E-state index contributed by atoms with van der Waals surface area (Å²) in [6.07, 6.45) is 0. The quantitative estimate of drug-likeness (QED) is 0.583. The Labute approximate surface area is 88.7 Å². The van der Waals surface area contributed by atoms with Crippen LogP contribution in [0.2, 0.25) is 0 Å². The maximum absolute atomic E-state index is 13.0. The first kappa shape index (κ1) is 10.9. The van der Waals surface area contributed by atoms with Gasteiger partial charge in [-0.05, 0) is 19.1 Å². The minimum Gasteiger partial charge on any atom is -0.494 e. The topological polar surface area (TPSA) is 9.23 Å². The summed E-state index contributed by atoms with van der Waals surface area (Å²) in [7, 11) is 0. The molecule has 0 fully saturated rings. The predicted molar refractivity (Wildman–Crippen MR) is 58.3 cm³/mol. The second kappa shape index (κ2) is 5.56. The molecule has 14 heavy (non-hydrogen) atoms. The van der Waals surface area contributed by atoms with E-state index in [2.05, 4.69) is 24.5 Å². The zero-order chi connectivity index (χ0) is 10.4. The lowest BCUT2D eigenvalue weighted by atomic mass is 10.2. The Bertz CT molecular complexity index is 365. The van der Waals surface area contributed by atoms with Crippen molar-refractivity contribution in [1.82, 2.24) is 0 Å². The normalized spacial score (nSPS) is 9.07. The number of rotatable bonds is 2. The highest BCUT2D eigenvalue weighted by Gasteiger charge is 1.98. The molecule has 0 unspecified atom stereocenters. The van der Waals surface area contributed by atoms with Gasteiger partial charge in [-0.3, -0.25) is 0 Å². The third kappa shape index (κ3) is 3.31. The maximum Gasteiger partial charge on any atom is 0.128 e. The summed E-state index contributed by atoms with van der Waals surface area (Å²) in [4.78, 5) is 0. The second-order valence-electron chi connectivity index (χ2n) is 2.57. The van der Waals surface area contributed by atoms with E-state index >= 15 is 0 Å². The predicted octanol–water partition coefficient (Wildman–Crippen LogP) is 2.51. The van der Waals surface area contributed by atoms with E-state index in [0.29, 0.717) is 23.7 Å². The third-order valence-electron chi connectivity index (χ3n) is 1.49. The minimum absolute atomic E-state index is 0.334. The SMILES string of the molecule is CCOc1cc(F)cc(C#CCS)c1. The van der Waals surface area contributed by atoms with Crippen LogP contribution in [0.15, 0.2) is 18.2 Å². The van der Waals surface area contributed by atoms with Gasteiger partial charge in [-0.25, -0.2) is 4.39 Å². The average Bonchev–Trinajstić information content (AvgIpc) is 2.14. The molecular formula is C11H11FOS. The van der Waals surface area contributed by atoms with Crippen LogP contribution in [0, 0.1) is 17.7 Å². The zero-order valence-corrected chi connectivity index (χ0v) is 8.77. The Morgan fingerprint density at radius 3 is 2.86 bits per heavy atom. The average molecular weight is 210 g/mol. The molecule has 0 saturated carbocycles. The van der Waals surface area contributed by atoms with Crippen molar-refractivity contribution < 1.29 is 9.13 Å². The van der Waals surface area contributed by atoms with Gasteiger partial charge in [-0.15, -0.1) is 0 Å². The molecule has 1 nitrogen and oxygen atoms in total. The summed E-state index contributed by atoms with van der Waals surface area (Å²) >= 11 is 3.95. The fourth-order valence-electron chi connectivity index (χ4n) is 1.03. The van der Waals surface area contributed by atoms with Crippen LogP contribution in [0.25, 0.3) is 0 Å². The number of hydrogen-bond acceptors (Lipinski definition) is 2. The lowest BCUT2D eigenvalue weighted by Gasteiger charge is -2.02. The molecule has 0 aliphatic carbocycles. The van der Waals surface area contributed by atoms with E-state index < -0.39 is 0 Å². The Morgan fingerprint density at radius 1 is 1.43 bits per heavy atom. The van der Waals surface area contributed by atoms with Crippen molar-refractivity contribution in [3.63, 3.8) is 0 Å². The van der Waals surface area contributed by atoms with E-state index in [1.807, 2.05) is 6.92 Å². The van der Waals surface area contributed by atoms with Crippen LogP contribution in [-0.2, 0) is 0 Å². The molecule has 0 aromatic heterocycles. The molecule has 0 bridgehead atoms. The zero-order valence-electron chi connectivity index (χ0n) is 7.88. The van der Waals surface area contributed by atoms with Gasteiger partial charge in [0.05, 0.1) is 12.4 Å². The van der Waals surface area contributed by atoms with Crippen molar-refractivity contribution in [2.75, 3.05) is 12.4 Å². The van der Waals surface area contributed by atoms with E-state index in [9.17, 15) is 4.39 Å². The van der Waals surface area contributed by atoms with Crippen LogP contribution in [0.1, 0.15) is 12.5 Å². The molecule has 3 heteroatoms. The standard InChI is InChI=1S/C11H11FOS/c1-2-13-11-7-9(4-3-5-14)6-10(12)8-11/h6-8,14H,2,5H2,1H3. The van der Waals surface area contributed by atoms with Crippen LogP contribution in [0.4, 0.5) is 4.39 Å². The molecule has 0 aliphatic heterocycles. The number of ether oxygens (including phenoxy) is 1. The Kier molecular flexibility index (Phi) is 4.34. The highest BCUT2D eigenvalue weighted by atomic mass is 32.1. The van der Waals surface area contributed by atoms with Crippen molar-refractivity contribution >= 4 is 12.6 Å². The molecule has 0 aliphatic rings. The summed E-state index contributed by atoms with van der Waals surface area (Å²) in [5.41, 5.74) is 0.613. The van der Waals surface area contributed by atoms with Gasteiger partial charge >= 0.3 is 0 Å². The molecule has 0 N–H and O–H groups in total. The van der Waals surface area contributed by atoms with E-state index in [0.717, 1.165) is 0 Å². The molecule has 0 amide bonds. The smallest absolute Gasteiger partial charge is 0.128 e. The van der Waals surface area contributed by atoms with Crippen molar-refractivity contribution in [3.8, 4) is 17.6 Å². The van der Waals surface area contributed by atoms with E-state index in [4.69, 9.17) is 4.74 Å². The van der Waals surface area contributed by atoms with E-state index in [-0.39, 0.29) is 5.82 Å². The summed E-state index contributed by atoms with van der Waals surface area (Å²) in [6.45, 7) is 2.37. The highest BCUT2D eigenvalue weighted by Crippen LogP contribution is 2.15. The largest absolute Gasteiger partial charge is 0.494 e. The summed E-state index contributed by atoms with van der Waals surface area (Å²) in [6, 6.07) is 4.43. The number of thiol groups is 1. The van der Waals surface area contributed by atoms with Crippen molar-refractivity contribution in [3.05, 3.63) is 29.6 Å². The molecule has 0 heterocycles. The van der Waals surface area contributed by atoms with Gasteiger partial charge in [0, 0.05) is 11.6 Å². The first-order valence-electron chi connectivity index (χ1n) is 4.29. The highest BCUT2D eigenvalue weighted by molar-refractivity contribution is 7.80. The molecule has 1 aromatic rings. The van der Waals surface area contributed by atoms with E-state index in [1.165, 1.54) is 12.1 Å². The fourth-order valence-corrected chi connectivity index (χ4v) is 1.11. The summed E-state index contributed by atoms with van der Waals surface area (Å²) in [5, 5.41) is 0. The fraction of sp³-hybridized carbons (Fsp3) is 0.273. The van der Waals surface area contributed by atoms with Crippen molar-refractivity contribution in [1.29, 1.82) is 0 Å². The van der Waals surface area contributed by atoms with Gasteiger partial charge in [0.15, 0.2) is 0 Å². The molecule has 0 saturated heterocycles. The van der Waals surface area contributed by atoms with Crippen LogP contribution in [-0.4, -0.2) is 12.4 Å². The van der Waals surface area contributed by atoms with E-state index in [1.54, 1.807) is 6.07 Å². The number of benzene rings is 1. The van der Waals surface area contributed by atoms with Crippen LogP contribution >= 0.6 is 12.6 Å². The van der Waals surface area contributed by atoms with Crippen LogP contribution in [0.3, 0.4) is 0 Å². The van der Waals surface area contributed by atoms with Gasteiger partial charge in [-0.1, -0.05) is 11.8 Å². The molecule has 1 aromatic carbocycles. The molecule has 0 radical (unpaired) electrons. The maximum atomic E-state index is 13.0. The lowest BCUT2D eigenvalue weighted by molar-refractivity contribution is 0.338. The number of hydrogen-bond donors (Lipinski definition) is 1. The first-order chi connectivity index (χ1) is 6.76. The Balaban J connectivity index is 2.94. The molecular weight excluding hydrogens is 199 g/mol. The second-order valence-corrected chi connectivity index (χ2v) is 2.88. The molecule has 0 atom stereocenters. The van der Waals surface area contributed by atoms with Gasteiger partial charge < -0.3 is 4.74 Å². The minimum atomic E-state index is -0.334. The Morgan fingerprint density at radius 2 is 2.21 bits per heavy atom. The Hall–Kier alpha value is -1.14. The van der Waals surface area contributed by atoms with Gasteiger partial charge in [0.2, 0.25) is 0 Å². The van der Waals surface area contributed by atoms with Gasteiger partial charge in [-0.2, -0.15) is 12.6 Å². The van der Waals surface area contributed by atoms with Crippen molar-refractivity contribution in [2.45, 2.75) is 6.92 Å². The van der Waals surface area contributed by atoms with Crippen molar-refractivity contribution in [2.24, 2.45) is 0 Å². The van der Waals surface area contributed by atoms with Crippen LogP contribution < -0.4 is 4.74 Å². The lowest BCUT2D eigenvalue weighted by Crippen LogP contribution is -1.92. The summed E-state index contributed by atoms with van der Waals surface area (Å²) in [5.74, 6) is 6.18. The monoisotopic (exact) mass is 210 g/mol. The first-order valence-corrected chi connectivity index (χ1v) is 4.92. The summed E-state index contributed by atoms with van der Waals surface area (Å²) < 4.78 is 18.2. The van der Waals surface area contributed by atoms with Gasteiger partial charge in [0.25, 0.3) is 0 Å².